The second-order valence-electron chi connectivity index (χ2n) is 5.01. The zero-order valence-corrected chi connectivity index (χ0v) is 11.4. The second kappa shape index (κ2) is 6.91. The molecule has 0 unspecified atom stereocenters. The Balaban J connectivity index is 1.70. The third-order valence-corrected chi connectivity index (χ3v) is 2.91. The van der Waals surface area contributed by atoms with Crippen LogP contribution in [0.4, 0.5) is 18.9 Å². The Bertz CT molecular complexity index is 470. The Morgan fingerprint density at radius 3 is 2.48 bits per heavy atom. The standard InChI is InChI=1S/C14H17F3N2O2/c15-14(16,17)9-21-8-13(20)19-12-3-1-10(2-4-12)7-18-11-5-6-11/h1-4,11,18H,5-9H2,(H,19,20). The highest BCUT2D eigenvalue weighted by atomic mass is 19.4. The van der Waals surface area contributed by atoms with E-state index in [0.717, 1.165) is 12.1 Å². The van der Waals surface area contributed by atoms with E-state index in [0.29, 0.717) is 11.7 Å². The van der Waals surface area contributed by atoms with Gasteiger partial charge in [0, 0.05) is 18.3 Å². The summed E-state index contributed by atoms with van der Waals surface area (Å²) in [4.78, 5) is 11.4. The maximum absolute atomic E-state index is 11.8. The third kappa shape index (κ3) is 6.59. The molecule has 0 atom stereocenters. The van der Waals surface area contributed by atoms with Crippen molar-refractivity contribution in [1.82, 2.24) is 5.32 Å². The summed E-state index contributed by atoms with van der Waals surface area (Å²) in [6.07, 6.45) is -1.99. The van der Waals surface area contributed by atoms with E-state index in [1.54, 1.807) is 12.1 Å². The fourth-order valence-electron chi connectivity index (χ4n) is 1.71. The summed E-state index contributed by atoms with van der Waals surface area (Å²) in [6, 6.07) is 7.77. The van der Waals surface area contributed by atoms with Gasteiger partial charge in [0.05, 0.1) is 0 Å². The number of hydrogen-bond donors (Lipinski definition) is 2. The largest absolute Gasteiger partial charge is 0.411 e. The van der Waals surface area contributed by atoms with E-state index in [9.17, 15) is 18.0 Å². The molecule has 0 radical (unpaired) electrons. The van der Waals surface area contributed by atoms with Gasteiger partial charge in [-0.25, -0.2) is 0 Å². The van der Waals surface area contributed by atoms with Crippen molar-refractivity contribution in [2.75, 3.05) is 18.5 Å². The lowest BCUT2D eigenvalue weighted by atomic mass is 10.2. The summed E-state index contributed by atoms with van der Waals surface area (Å²) < 4.78 is 39.8. The topological polar surface area (TPSA) is 50.4 Å². The van der Waals surface area contributed by atoms with Crippen LogP contribution in [0.1, 0.15) is 18.4 Å². The summed E-state index contributed by atoms with van der Waals surface area (Å²) in [5, 5.41) is 5.84. The monoisotopic (exact) mass is 302 g/mol. The van der Waals surface area contributed by atoms with Gasteiger partial charge in [0.1, 0.15) is 13.2 Å². The molecule has 0 aliphatic heterocycles. The number of hydrogen-bond acceptors (Lipinski definition) is 3. The molecule has 2 rings (SSSR count). The fraction of sp³-hybridized carbons (Fsp3) is 0.500. The van der Waals surface area contributed by atoms with Crippen molar-refractivity contribution in [1.29, 1.82) is 0 Å². The lowest BCUT2D eigenvalue weighted by Gasteiger charge is -2.09. The van der Waals surface area contributed by atoms with Gasteiger partial charge in [-0.05, 0) is 30.5 Å². The van der Waals surface area contributed by atoms with E-state index in [-0.39, 0.29) is 0 Å². The van der Waals surface area contributed by atoms with Crippen LogP contribution in [0.15, 0.2) is 24.3 Å². The van der Waals surface area contributed by atoms with Crippen LogP contribution in [0, 0.1) is 0 Å². The van der Waals surface area contributed by atoms with Gasteiger partial charge in [-0.1, -0.05) is 12.1 Å². The molecule has 0 saturated heterocycles. The minimum Gasteiger partial charge on any atom is -0.362 e. The van der Waals surface area contributed by atoms with Crippen LogP contribution in [0.5, 0.6) is 0 Å². The van der Waals surface area contributed by atoms with Crippen LogP contribution >= 0.6 is 0 Å². The summed E-state index contributed by atoms with van der Waals surface area (Å²) in [5.74, 6) is -0.608. The minimum atomic E-state index is -4.42. The van der Waals surface area contributed by atoms with Gasteiger partial charge in [0.25, 0.3) is 0 Å². The fourth-order valence-corrected chi connectivity index (χ4v) is 1.71. The number of benzene rings is 1. The number of carbonyl (C=O) groups is 1. The van der Waals surface area contributed by atoms with Gasteiger partial charge < -0.3 is 15.4 Å². The Morgan fingerprint density at radius 2 is 1.90 bits per heavy atom. The van der Waals surface area contributed by atoms with Gasteiger partial charge in [-0.3, -0.25) is 4.79 Å². The predicted octanol–water partition coefficient (Wildman–Crippen LogP) is 2.46. The van der Waals surface area contributed by atoms with E-state index in [2.05, 4.69) is 15.4 Å². The van der Waals surface area contributed by atoms with Crippen molar-refractivity contribution in [3.63, 3.8) is 0 Å². The summed E-state index contributed by atoms with van der Waals surface area (Å²) >= 11 is 0. The van der Waals surface area contributed by atoms with Crippen LogP contribution in [0.25, 0.3) is 0 Å². The molecule has 1 aliphatic rings. The van der Waals surface area contributed by atoms with E-state index in [1.165, 1.54) is 12.8 Å². The van der Waals surface area contributed by atoms with Gasteiger partial charge in [0.2, 0.25) is 5.91 Å². The molecule has 1 aromatic carbocycles. The molecule has 1 saturated carbocycles. The second-order valence-corrected chi connectivity index (χ2v) is 5.01. The van der Waals surface area contributed by atoms with Crippen molar-refractivity contribution in [3.8, 4) is 0 Å². The van der Waals surface area contributed by atoms with Crippen molar-refractivity contribution in [2.45, 2.75) is 31.6 Å². The first-order chi connectivity index (χ1) is 9.92. The highest BCUT2D eigenvalue weighted by molar-refractivity contribution is 5.91. The van der Waals surface area contributed by atoms with Gasteiger partial charge >= 0.3 is 6.18 Å². The number of nitrogens with one attached hydrogen (secondary N) is 2. The Kier molecular flexibility index (Phi) is 5.19. The summed E-state index contributed by atoms with van der Waals surface area (Å²) in [5.41, 5.74) is 1.62. The lowest BCUT2D eigenvalue weighted by Crippen LogP contribution is -2.24. The average Bonchev–Trinajstić information content (AvgIpc) is 3.20. The first-order valence-electron chi connectivity index (χ1n) is 6.69. The molecule has 0 bridgehead atoms. The van der Waals surface area contributed by atoms with E-state index >= 15 is 0 Å². The van der Waals surface area contributed by atoms with E-state index < -0.39 is 25.3 Å². The number of amides is 1. The number of carbonyl (C=O) groups excluding carboxylic acids is 1. The van der Waals surface area contributed by atoms with Crippen LogP contribution in [0.2, 0.25) is 0 Å². The van der Waals surface area contributed by atoms with Crippen LogP contribution < -0.4 is 10.6 Å². The molecule has 1 aliphatic carbocycles. The molecule has 1 aromatic rings. The van der Waals surface area contributed by atoms with Gasteiger partial charge in [-0.2, -0.15) is 13.2 Å². The minimum absolute atomic E-state index is 0.533. The Hall–Kier alpha value is -1.60. The van der Waals surface area contributed by atoms with Crippen LogP contribution in [-0.2, 0) is 16.1 Å². The van der Waals surface area contributed by atoms with E-state index in [4.69, 9.17) is 0 Å². The van der Waals surface area contributed by atoms with Gasteiger partial charge in [-0.15, -0.1) is 0 Å². The maximum Gasteiger partial charge on any atom is 0.411 e. The number of anilines is 1. The molecule has 0 spiro atoms. The van der Waals surface area contributed by atoms with Crippen molar-refractivity contribution in [2.24, 2.45) is 0 Å². The van der Waals surface area contributed by atoms with Gasteiger partial charge in [0.15, 0.2) is 0 Å². The highest BCUT2D eigenvalue weighted by Gasteiger charge is 2.27. The Morgan fingerprint density at radius 1 is 1.24 bits per heavy atom. The summed E-state index contributed by atoms with van der Waals surface area (Å²) in [7, 11) is 0. The molecule has 21 heavy (non-hydrogen) atoms. The molecule has 2 N–H and O–H groups in total. The number of rotatable bonds is 7. The Labute approximate surface area is 120 Å². The molecule has 7 heteroatoms. The molecular weight excluding hydrogens is 285 g/mol. The summed E-state index contributed by atoms with van der Waals surface area (Å²) in [6.45, 7) is -1.27. The molecular formula is C14H17F3N2O2. The molecule has 1 amide bonds. The molecule has 0 aromatic heterocycles. The first kappa shape index (κ1) is 15.8. The van der Waals surface area contributed by atoms with Crippen molar-refractivity contribution < 1.29 is 22.7 Å². The molecule has 1 fully saturated rings. The van der Waals surface area contributed by atoms with E-state index in [1.807, 2.05) is 12.1 Å². The third-order valence-electron chi connectivity index (χ3n) is 2.91. The SMILES string of the molecule is O=C(COCC(F)(F)F)Nc1ccc(CNC2CC2)cc1. The van der Waals surface area contributed by atoms with Crippen molar-refractivity contribution >= 4 is 11.6 Å². The quantitative estimate of drug-likeness (QED) is 0.813. The number of halogens is 3. The smallest absolute Gasteiger partial charge is 0.362 e. The van der Waals surface area contributed by atoms with Crippen LogP contribution in [-0.4, -0.2) is 31.3 Å². The maximum atomic E-state index is 11.8. The molecule has 4 nitrogen and oxygen atoms in total. The van der Waals surface area contributed by atoms with Crippen molar-refractivity contribution in [3.05, 3.63) is 29.8 Å². The van der Waals surface area contributed by atoms with Crippen LogP contribution in [0.3, 0.4) is 0 Å². The number of ether oxygens (including phenoxy) is 1. The predicted molar refractivity (Wildman–Crippen MR) is 71.8 cm³/mol. The normalized spacial score (nSPS) is 15.0. The average molecular weight is 302 g/mol. The zero-order valence-electron chi connectivity index (χ0n) is 11.4. The first-order valence-corrected chi connectivity index (χ1v) is 6.69. The number of alkyl halides is 3. The highest BCUT2D eigenvalue weighted by Crippen LogP contribution is 2.19. The molecule has 116 valence electrons. The molecule has 0 heterocycles. The zero-order chi connectivity index (χ0) is 15.3. The lowest BCUT2D eigenvalue weighted by molar-refractivity contribution is -0.174.